The Morgan fingerprint density at radius 1 is 1.40 bits per heavy atom. The molecule has 88 valence electrons. The molecule has 2 N–H and O–H groups in total. The van der Waals surface area contributed by atoms with E-state index in [1.807, 2.05) is 13.8 Å². The van der Waals surface area contributed by atoms with Gasteiger partial charge in [-0.05, 0) is 12.3 Å². The molecular formula is C10H19NO4. The third-order valence-electron chi connectivity index (χ3n) is 1.87. The Balaban J connectivity index is 4.05. The van der Waals surface area contributed by atoms with Crippen LogP contribution >= 0.6 is 0 Å². The van der Waals surface area contributed by atoms with Gasteiger partial charge in [0.05, 0.1) is 6.61 Å². The Kier molecular flexibility index (Phi) is 6.70. The molecular weight excluding hydrogens is 198 g/mol. The van der Waals surface area contributed by atoms with E-state index < -0.39 is 12.0 Å². The molecule has 0 aliphatic heterocycles. The van der Waals surface area contributed by atoms with Crippen LogP contribution in [-0.4, -0.2) is 36.7 Å². The topological polar surface area (TPSA) is 75.6 Å². The summed E-state index contributed by atoms with van der Waals surface area (Å²) in [6.45, 7) is 4.13. The molecule has 1 unspecified atom stereocenters. The van der Waals surface area contributed by atoms with Crippen molar-refractivity contribution < 1.29 is 19.4 Å². The zero-order valence-electron chi connectivity index (χ0n) is 9.45. The second kappa shape index (κ2) is 7.23. The molecule has 0 spiro atoms. The predicted octanol–water partition coefficient (Wildman–Crippen LogP) is 0.638. The monoisotopic (exact) mass is 217 g/mol. The van der Waals surface area contributed by atoms with Gasteiger partial charge in [-0.3, -0.25) is 4.79 Å². The van der Waals surface area contributed by atoms with Crippen molar-refractivity contribution in [3.05, 3.63) is 0 Å². The van der Waals surface area contributed by atoms with Gasteiger partial charge in [-0.15, -0.1) is 0 Å². The third-order valence-corrected chi connectivity index (χ3v) is 1.87. The van der Waals surface area contributed by atoms with Crippen LogP contribution < -0.4 is 5.32 Å². The van der Waals surface area contributed by atoms with Gasteiger partial charge in [-0.25, -0.2) is 4.79 Å². The second-order valence-electron chi connectivity index (χ2n) is 3.83. The number of ether oxygens (including phenoxy) is 1. The standard InChI is InChI=1S/C10H19NO4/c1-7(2)6-8(10(13)14)11-9(12)4-5-15-3/h7-8H,4-6H2,1-3H3,(H,11,12)(H,13,14). The number of nitrogens with one attached hydrogen (secondary N) is 1. The van der Waals surface area contributed by atoms with Crippen LogP contribution in [0, 0.1) is 5.92 Å². The molecule has 0 aromatic carbocycles. The fraction of sp³-hybridized carbons (Fsp3) is 0.800. The smallest absolute Gasteiger partial charge is 0.326 e. The molecule has 0 saturated carbocycles. The van der Waals surface area contributed by atoms with Crippen molar-refractivity contribution in [2.75, 3.05) is 13.7 Å². The highest BCUT2D eigenvalue weighted by Gasteiger charge is 2.20. The first kappa shape index (κ1) is 13.9. The minimum atomic E-state index is -0.991. The molecule has 0 aromatic rings. The van der Waals surface area contributed by atoms with E-state index in [1.165, 1.54) is 7.11 Å². The van der Waals surface area contributed by atoms with Gasteiger partial charge in [0.2, 0.25) is 5.91 Å². The van der Waals surface area contributed by atoms with Crippen LogP contribution in [0.3, 0.4) is 0 Å². The lowest BCUT2D eigenvalue weighted by molar-refractivity contribution is -0.142. The van der Waals surface area contributed by atoms with Crippen molar-refractivity contribution in [2.24, 2.45) is 5.92 Å². The zero-order valence-corrected chi connectivity index (χ0v) is 9.45. The molecule has 0 bridgehead atoms. The molecule has 0 aliphatic rings. The number of rotatable bonds is 7. The summed E-state index contributed by atoms with van der Waals surface area (Å²) in [5, 5.41) is 11.3. The van der Waals surface area contributed by atoms with E-state index in [-0.39, 0.29) is 18.2 Å². The molecule has 0 aliphatic carbocycles. The molecule has 1 amide bonds. The third kappa shape index (κ3) is 6.90. The summed E-state index contributed by atoms with van der Waals surface area (Å²) < 4.78 is 4.73. The number of methoxy groups -OCH3 is 1. The fourth-order valence-corrected chi connectivity index (χ4v) is 1.15. The molecule has 0 aromatic heterocycles. The molecule has 5 nitrogen and oxygen atoms in total. The largest absolute Gasteiger partial charge is 0.480 e. The highest BCUT2D eigenvalue weighted by molar-refractivity contribution is 5.83. The lowest BCUT2D eigenvalue weighted by Gasteiger charge is -2.16. The van der Waals surface area contributed by atoms with Gasteiger partial charge in [0.1, 0.15) is 6.04 Å². The van der Waals surface area contributed by atoms with E-state index in [0.29, 0.717) is 13.0 Å². The summed E-state index contributed by atoms with van der Waals surface area (Å²) in [4.78, 5) is 22.0. The van der Waals surface area contributed by atoms with Crippen molar-refractivity contribution in [3.8, 4) is 0 Å². The lowest BCUT2D eigenvalue weighted by Crippen LogP contribution is -2.41. The van der Waals surface area contributed by atoms with Crippen LogP contribution in [-0.2, 0) is 14.3 Å². The summed E-state index contributed by atoms with van der Waals surface area (Å²) in [6, 6.07) is -0.797. The minimum absolute atomic E-state index is 0.193. The summed E-state index contributed by atoms with van der Waals surface area (Å²) >= 11 is 0. The van der Waals surface area contributed by atoms with E-state index in [1.54, 1.807) is 0 Å². The molecule has 0 radical (unpaired) electrons. The number of amides is 1. The molecule has 15 heavy (non-hydrogen) atoms. The van der Waals surface area contributed by atoms with Gasteiger partial charge in [0.25, 0.3) is 0 Å². The number of carbonyl (C=O) groups is 2. The van der Waals surface area contributed by atoms with Gasteiger partial charge in [0.15, 0.2) is 0 Å². The average molecular weight is 217 g/mol. The maximum Gasteiger partial charge on any atom is 0.326 e. The average Bonchev–Trinajstić information content (AvgIpc) is 2.12. The van der Waals surface area contributed by atoms with Gasteiger partial charge in [0, 0.05) is 13.5 Å². The maximum atomic E-state index is 11.2. The van der Waals surface area contributed by atoms with Crippen LogP contribution in [0.1, 0.15) is 26.7 Å². The quantitative estimate of drug-likeness (QED) is 0.656. The summed E-state index contributed by atoms with van der Waals surface area (Å²) in [5.74, 6) is -1.05. The predicted molar refractivity (Wildman–Crippen MR) is 55.5 cm³/mol. The Labute approximate surface area is 89.8 Å². The molecule has 0 fully saturated rings. The van der Waals surface area contributed by atoms with Crippen molar-refractivity contribution in [2.45, 2.75) is 32.7 Å². The summed E-state index contributed by atoms with van der Waals surface area (Å²) in [5.41, 5.74) is 0. The Hall–Kier alpha value is -1.10. The normalized spacial score (nSPS) is 12.5. The van der Waals surface area contributed by atoms with Crippen molar-refractivity contribution in [1.29, 1.82) is 0 Å². The number of carboxylic acid groups (broad SMARTS) is 1. The number of aliphatic carboxylic acids is 1. The van der Waals surface area contributed by atoms with Crippen LogP contribution in [0.25, 0.3) is 0 Å². The molecule has 0 rings (SSSR count). The van der Waals surface area contributed by atoms with E-state index in [4.69, 9.17) is 9.84 Å². The SMILES string of the molecule is COCCC(=O)NC(CC(C)C)C(=O)O. The highest BCUT2D eigenvalue weighted by atomic mass is 16.5. The lowest BCUT2D eigenvalue weighted by atomic mass is 10.0. The molecule has 0 heterocycles. The van der Waals surface area contributed by atoms with Crippen molar-refractivity contribution in [3.63, 3.8) is 0 Å². The van der Waals surface area contributed by atoms with E-state index in [2.05, 4.69) is 5.32 Å². The summed E-state index contributed by atoms with van der Waals surface area (Å²) in [7, 11) is 1.50. The van der Waals surface area contributed by atoms with E-state index >= 15 is 0 Å². The van der Waals surface area contributed by atoms with Crippen molar-refractivity contribution >= 4 is 11.9 Å². The van der Waals surface area contributed by atoms with Crippen LogP contribution in [0.4, 0.5) is 0 Å². The number of hydrogen-bond acceptors (Lipinski definition) is 3. The number of carbonyl (C=O) groups excluding carboxylic acids is 1. The maximum absolute atomic E-state index is 11.2. The van der Waals surface area contributed by atoms with Crippen LogP contribution in [0.15, 0.2) is 0 Å². The molecule has 5 heteroatoms. The van der Waals surface area contributed by atoms with Crippen LogP contribution in [0.5, 0.6) is 0 Å². The highest BCUT2D eigenvalue weighted by Crippen LogP contribution is 2.05. The van der Waals surface area contributed by atoms with Gasteiger partial charge >= 0.3 is 5.97 Å². The van der Waals surface area contributed by atoms with E-state index in [9.17, 15) is 9.59 Å². The van der Waals surface area contributed by atoms with Gasteiger partial charge in [-0.1, -0.05) is 13.8 Å². The Morgan fingerprint density at radius 3 is 2.40 bits per heavy atom. The van der Waals surface area contributed by atoms with Crippen LogP contribution in [0.2, 0.25) is 0 Å². The Bertz CT molecular complexity index is 215. The zero-order chi connectivity index (χ0) is 11.8. The van der Waals surface area contributed by atoms with Crippen molar-refractivity contribution in [1.82, 2.24) is 5.32 Å². The first-order chi connectivity index (χ1) is 6.97. The minimum Gasteiger partial charge on any atom is -0.480 e. The number of hydrogen-bond donors (Lipinski definition) is 2. The van der Waals surface area contributed by atoms with E-state index in [0.717, 1.165) is 0 Å². The second-order valence-corrected chi connectivity index (χ2v) is 3.83. The molecule has 0 saturated heterocycles. The molecule has 1 atom stereocenters. The van der Waals surface area contributed by atoms with Gasteiger partial charge in [-0.2, -0.15) is 0 Å². The van der Waals surface area contributed by atoms with Gasteiger partial charge < -0.3 is 15.2 Å². The number of carboxylic acids is 1. The fourth-order valence-electron chi connectivity index (χ4n) is 1.15. The first-order valence-electron chi connectivity index (χ1n) is 4.98. The Morgan fingerprint density at radius 2 is 2.00 bits per heavy atom. The first-order valence-corrected chi connectivity index (χ1v) is 4.98. The summed E-state index contributed by atoms with van der Waals surface area (Å²) in [6.07, 6.45) is 0.631.